The summed E-state index contributed by atoms with van der Waals surface area (Å²) in [5.74, 6) is 1.25. The molecule has 0 amide bonds. The third kappa shape index (κ3) is 1.27. The van der Waals surface area contributed by atoms with Crippen molar-refractivity contribution >= 4 is 17.7 Å². The Morgan fingerprint density at radius 2 is 2.42 bits per heavy atom. The zero-order valence-electron chi connectivity index (χ0n) is 6.76. The number of hydrogen-bond acceptors (Lipinski definition) is 0. The van der Waals surface area contributed by atoms with Crippen LogP contribution in [0.3, 0.4) is 0 Å². The maximum atomic E-state index is 5.70. The fraction of sp³-hybridized carbons (Fsp3) is 0.273. The number of fused-ring (bicyclic) bond motifs is 1. The fourth-order valence-corrected chi connectivity index (χ4v) is 1.85. The summed E-state index contributed by atoms with van der Waals surface area (Å²) in [7, 11) is 0. The molecular formula is C11H10Cl. The summed E-state index contributed by atoms with van der Waals surface area (Å²) in [5.41, 5.74) is 2.60. The molecule has 0 N–H and O–H groups in total. The maximum Gasteiger partial charge on any atom is 0.0232 e. The van der Waals surface area contributed by atoms with Gasteiger partial charge in [-0.05, 0) is 23.6 Å². The molecule has 0 nitrogen and oxygen atoms in total. The maximum absolute atomic E-state index is 5.70. The number of allylic oxidation sites excluding steroid dienone is 1. The van der Waals surface area contributed by atoms with Crippen LogP contribution >= 0.6 is 11.6 Å². The summed E-state index contributed by atoms with van der Waals surface area (Å²) in [4.78, 5) is 0. The lowest BCUT2D eigenvalue weighted by molar-refractivity contribution is 0.824. The first-order chi connectivity index (χ1) is 5.92. The minimum absolute atomic E-state index is 0.523. The molecule has 1 unspecified atom stereocenters. The molecule has 0 aromatic heterocycles. The van der Waals surface area contributed by atoms with Gasteiger partial charge in [0.2, 0.25) is 0 Å². The van der Waals surface area contributed by atoms with Crippen LogP contribution in [0.4, 0.5) is 0 Å². The Morgan fingerprint density at radius 3 is 3.25 bits per heavy atom. The van der Waals surface area contributed by atoms with Crippen molar-refractivity contribution in [2.24, 2.45) is 0 Å². The van der Waals surface area contributed by atoms with Crippen LogP contribution < -0.4 is 0 Å². The topological polar surface area (TPSA) is 0 Å². The Labute approximate surface area is 77.9 Å². The molecule has 1 atom stereocenters. The van der Waals surface area contributed by atoms with Crippen molar-refractivity contribution < 1.29 is 0 Å². The Balaban J connectivity index is 2.30. The molecule has 0 fully saturated rings. The van der Waals surface area contributed by atoms with E-state index in [1.165, 1.54) is 11.1 Å². The molecule has 1 heteroatoms. The third-order valence-corrected chi connectivity index (χ3v) is 2.45. The van der Waals surface area contributed by atoms with Crippen LogP contribution in [-0.2, 0) is 0 Å². The quantitative estimate of drug-likeness (QED) is 0.609. The molecule has 2 rings (SSSR count). The van der Waals surface area contributed by atoms with Gasteiger partial charge >= 0.3 is 0 Å². The van der Waals surface area contributed by atoms with E-state index >= 15 is 0 Å². The predicted molar refractivity (Wildman–Crippen MR) is 52.4 cm³/mol. The third-order valence-electron chi connectivity index (χ3n) is 2.24. The minimum atomic E-state index is 0.523. The second kappa shape index (κ2) is 3.32. The fourth-order valence-electron chi connectivity index (χ4n) is 1.62. The second-order valence-electron chi connectivity index (χ2n) is 2.98. The van der Waals surface area contributed by atoms with Gasteiger partial charge in [-0.3, -0.25) is 0 Å². The summed E-state index contributed by atoms with van der Waals surface area (Å²) in [6.45, 7) is 0. The van der Waals surface area contributed by atoms with E-state index in [1.54, 1.807) is 0 Å². The molecule has 1 aromatic rings. The van der Waals surface area contributed by atoms with E-state index in [9.17, 15) is 0 Å². The SMILES string of the molecule is ClCCC1C=Cc2[c]cccc21. The minimum Gasteiger partial charge on any atom is -0.127 e. The zero-order valence-corrected chi connectivity index (χ0v) is 7.51. The summed E-state index contributed by atoms with van der Waals surface area (Å²) in [6.07, 6.45) is 5.37. The number of rotatable bonds is 2. The van der Waals surface area contributed by atoms with Gasteiger partial charge in [-0.1, -0.05) is 30.4 Å². The standard InChI is InChI=1S/C11H10Cl/c12-8-7-10-6-5-9-3-1-2-4-11(9)10/h1-2,4-6,10H,7-8H2. The van der Waals surface area contributed by atoms with Crippen LogP contribution in [-0.4, -0.2) is 5.88 Å². The number of alkyl halides is 1. The van der Waals surface area contributed by atoms with Crippen LogP contribution in [0.15, 0.2) is 24.3 Å². The molecule has 12 heavy (non-hydrogen) atoms. The number of hydrogen-bond donors (Lipinski definition) is 0. The normalized spacial score (nSPS) is 19.6. The molecule has 0 bridgehead atoms. The van der Waals surface area contributed by atoms with Gasteiger partial charge in [0.05, 0.1) is 0 Å². The molecular weight excluding hydrogens is 168 g/mol. The first kappa shape index (κ1) is 7.88. The molecule has 1 aliphatic rings. The monoisotopic (exact) mass is 177 g/mol. The van der Waals surface area contributed by atoms with E-state index in [2.05, 4.69) is 24.3 Å². The van der Waals surface area contributed by atoms with Gasteiger partial charge in [0.1, 0.15) is 0 Å². The molecule has 0 spiro atoms. The molecule has 0 aliphatic heterocycles. The van der Waals surface area contributed by atoms with E-state index in [0.29, 0.717) is 5.92 Å². The molecule has 1 aromatic carbocycles. The highest BCUT2D eigenvalue weighted by molar-refractivity contribution is 6.17. The smallest absolute Gasteiger partial charge is 0.0232 e. The summed E-state index contributed by atoms with van der Waals surface area (Å²) < 4.78 is 0. The molecule has 0 heterocycles. The van der Waals surface area contributed by atoms with Crippen molar-refractivity contribution in [3.8, 4) is 0 Å². The van der Waals surface area contributed by atoms with Crippen molar-refractivity contribution in [3.05, 3.63) is 41.5 Å². The summed E-state index contributed by atoms with van der Waals surface area (Å²) in [6, 6.07) is 9.35. The van der Waals surface area contributed by atoms with Crippen LogP contribution in [0.25, 0.3) is 6.08 Å². The number of benzene rings is 1. The van der Waals surface area contributed by atoms with Crippen LogP contribution in [0.2, 0.25) is 0 Å². The van der Waals surface area contributed by atoms with Crippen molar-refractivity contribution in [1.82, 2.24) is 0 Å². The first-order valence-electron chi connectivity index (χ1n) is 4.16. The van der Waals surface area contributed by atoms with Gasteiger partial charge in [0.25, 0.3) is 0 Å². The predicted octanol–water partition coefficient (Wildman–Crippen LogP) is 3.23. The highest BCUT2D eigenvalue weighted by atomic mass is 35.5. The highest BCUT2D eigenvalue weighted by Crippen LogP contribution is 2.31. The molecule has 0 saturated heterocycles. The van der Waals surface area contributed by atoms with Crippen molar-refractivity contribution in [1.29, 1.82) is 0 Å². The Bertz CT molecular complexity index is 302. The summed E-state index contributed by atoms with van der Waals surface area (Å²) in [5, 5.41) is 0. The van der Waals surface area contributed by atoms with Crippen molar-refractivity contribution in [2.45, 2.75) is 12.3 Å². The molecule has 61 valence electrons. The van der Waals surface area contributed by atoms with Gasteiger partial charge in [-0.2, -0.15) is 0 Å². The average molecular weight is 178 g/mol. The second-order valence-corrected chi connectivity index (χ2v) is 3.36. The lowest BCUT2D eigenvalue weighted by Gasteiger charge is -2.07. The van der Waals surface area contributed by atoms with Crippen molar-refractivity contribution in [2.75, 3.05) is 5.88 Å². The van der Waals surface area contributed by atoms with E-state index in [0.717, 1.165) is 12.3 Å². The van der Waals surface area contributed by atoms with Crippen LogP contribution in [0.5, 0.6) is 0 Å². The van der Waals surface area contributed by atoms with Crippen molar-refractivity contribution in [3.63, 3.8) is 0 Å². The van der Waals surface area contributed by atoms with Gasteiger partial charge in [0, 0.05) is 11.8 Å². The average Bonchev–Trinajstić information content (AvgIpc) is 2.50. The largest absolute Gasteiger partial charge is 0.127 e. The van der Waals surface area contributed by atoms with Gasteiger partial charge < -0.3 is 0 Å². The van der Waals surface area contributed by atoms with E-state index in [1.807, 2.05) is 12.1 Å². The first-order valence-corrected chi connectivity index (χ1v) is 4.70. The Kier molecular flexibility index (Phi) is 2.18. The highest BCUT2D eigenvalue weighted by Gasteiger charge is 2.15. The van der Waals surface area contributed by atoms with Gasteiger partial charge in [-0.15, -0.1) is 11.6 Å². The Morgan fingerprint density at radius 1 is 1.50 bits per heavy atom. The molecule has 1 aliphatic carbocycles. The van der Waals surface area contributed by atoms with Gasteiger partial charge in [0.15, 0.2) is 0 Å². The van der Waals surface area contributed by atoms with E-state index in [-0.39, 0.29) is 0 Å². The van der Waals surface area contributed by atoms with Crippen LogP contribution in [0.1, 0.15) is 23.5 Å². The van der Waals surface area contributed by atoms with E-state index in [4.69, 9.17) is 11.6 Å². The zero-order chi connectivity index (χ0) is 8.39. The lowest BCUT2D eigenvalue weighted by Crippen LogP contribution is -1.93. The Hall–Kier alpha value is -0.750. The molecule has 1 radical (unpaired) electrons. The summed E-state index contributed by atoms with van der Waals surface area (Å²) >= 11 is 5.70. The van der Waals surface area contributed by atoms with Crippen LogP contribution in [0, 0.1) is 6.07 Å². The lowest BCUT2D eigenvalue weighted by atomic mass is 9.99. The molecule has 0 saturated carbocycles. The number of halogens is 1. The van der Waals surface area contributed by atoms with Gasteiger partial charge in [-0.25, -0.2) is 0 Å². The van der Waals surface area contributed by atoms with E-state index < -0.39 is 0 Å².